The van der Waals surface area contributed by atoms with Gasteiger partial charge in [0.1, 0.15) is 0 Å². The third-order valence-corrected chi connectivity index (χ3v) is 3.46. The molecule has 0 saturated heterocycles. The van der Waals surface area contributed by atoms with E-state index in [2.05, 4.69) is 23.3 Å². The van der Waals surface area contributed by atoms with E-state index < -0.39 is 0 Å². The number of nitrogens with zero attached hydrogens (tertiary/aromatic N) is 2. The van der Waals surface area contributed by atoms with E-state index in [0.717, 1.165) is 17.9 Å². The Labute approximate surface area is 114 Å². The number of aryl methyl sites for hydroxylation is 3. The smallest absolute Gasteiger partial charge is 0.0946 e. The lowest BCUT2D eigenvalue weighted by molar-refractivity contribution is 0.672. The van der Waals surface area contributed by atoms with Crippen LogP contribution >= 0.6 is 11.6 Å². The van der Waals surface area contributed by atoms with E-state index in [9.17, 15) is 0 Å². The predicted octanol–water partition coefficient (Wildman–Crippen LogP) is 4.03. The van der Waals surface area contributed by atoms with Crippen LogP contribution in [0.15, 0.2) is 36.8 Å². The molecule has 0 atom stereocenters. The van der Waals surface area contributed by atoms with Gasteiger partial charge < -0.3 is 4.57 Å². The van der Waals surface area contributed by atoms with Crippen LogP contribution in [0.1, 0.15) is 30.5 Å². The summed E-state index contributed by atoms with van der Waals surface area (Å²) in [5, 5.41) is 0.891. The highest BCUT2D eigenvalue weighted by atomic mass is 35.5. The molecule has 1 aromatic carbocycles. The maximum Gasteiger partial charge on any atom is 0.0946 e. The summed E-state index contributed by atoms with van der Waals surface area (Å²) < 4.78 is 2.00. The van der Waals surface area contributed by atoms with Crippen LogP contribution in [-0.4, -0.2) is 9.55 Å². The molecule has 0 spiro atoms. The minimum Gasteiger partial charge on any atom is -0.340 e. The lowest BCUT2D eigenvalue weighted by atomic mass is 10.1. The SMILES string of the molecule is Cn1cnc(CCCCCc2ccccc2Cl)c1. The van der Waals surface area contributed by atoms with Gasteiger partial charge in [0.2, 0.25) is 0 Å². The van der Waals surface area contributed by atoms with Crippen LogP contribution in [0.3, 0.4) is 0 Å². The summed E-state index contributed by atoms with van der Waals surface area (Å²) in [4.78, 5) is 4.33. The molecule has 0 fully saturated rings. The highest BCUT2D eigenvalue weighted by Gasteiger charge is 2.00. The van der Waals surface area contributed by atoms with Crippen molar-refractivity contribution in [2.75, 3.05) is 0 Å². The molecule has 0 amide bonds. The second kappa shape index (κ2) is 6.60. The Balaban J connectivity index is 1.66. The Bertz CT molecular complexity index is 491. The fraction of sp³-hybridized carbons (Fsp3) is 0.400. The Kier molecular flexibility index (Phi) is 4.82. The third kappa shape index (κ3) is 3.88. The van der Waals surface area contributed by atoms with Gasteiger partial charge >= 0.3 is 0 Å². The normalized spacial score (nSPS) is 10.8. The van der Waals surface area contributed by atoms with Crippen LogP contribution in [0.5, 0.6) is 0 Å². The topological polar surface area (TPSA) is 17.8 Å². The number of rotatable bonds is 6. The highest BCUT2D eigenvalue weighted by molar-refractivity contribution is 6.31. The molecule has 1 aromatic heterocycles. The van der Waals surface area contributed by atoms with Gasteiger partial charge in [-0.15, -0.1) is 0 Å². The van der Waals surface area contributed by atoms with Gasteiger partial charge in [0.25, 0.3) is 0 Å². The zero-order valence-electron chi connectivity index (χ0n) is 10.8. The second-order valence-electron chi connectivity index (χ2n) is 4.68. The Morgan fingerprint density at radius 1 is 1.11 bits per heavy atom. The molecule has 1 heterocycles. The first-order chi connectivity index (χ1) is 8.75. The first-order valence-corrected chi connectivity index (χ1v) is 6.84. The van der Waals surface area contributed by atoms with Crippen molar-refractivity contribution in [3.63, 3.8) is 0 Å². The number of hydrogen-bond donors (Lipinski definition) is 0. The van der Waals surface area contributed by atoms with Crippen molar-refractivity contribution < 1.29 is 0 Å². The minimum atomic E-state index is 0.891. The van der Waals surface area contributed by atoms with Gasteiger partial charge in [-0.3, -0.25) is 0 Å². The van der Waals surface area contributed by atoms with Crippen molar-refractivity contribution in [3.8, 4) is 0 Å². The summed E-state index contributed by atoms with van der Waals surface area (Å²) in [6.07, 6.45) is 9.71. The molecule has 0 unspecified atom stereocenters. The van der Waals surface area contributed by atoms with Gasteiger partial charge in [0.05, 0.1) is 12.0 Å². The molecule has 2 rings (SSSR count). The van der Waals surface area contributed by atoms with E-state index in [0.29, 0.717) is 0 Å². The Hall–Kier alpha value is -1.28. The summed E-state index contributed by atoms with van der Waals surface area (Å²) in [5.74, 6) is 0. The van der Waals surface area contributed by atoms with Crippen molar-refractivity contribution in [2.45, 2.75) is 32.1 Å². The number of hydrogen-bond acceptors (Lipinski definition) is 1. The van der Waals surface area contributed by atoms with Gasteiger partial charge in [-0.1, -0.05) is 36.2 Å². The van der Waals surface area contributed by atoms with Crippen molar-refractivity contribution in [1.29, 1.82) is 0 Å². The molecule has 2 aromatic rings. The van der Waals surface area contributed by atoms with Crippen LogP contribution in [0, 0.1) is 0 Å². The maximum atomic E-state index is 6.12. The average molecular weight is 263 g/mol. The molecular weight excluding hydrogens is 244 g/mol. The number of aromatic nitrogens is 2. The summed E-state index contributed by atoms with van der Waals surface area (Å²) in [7, 11) is 2.01. The van der Waals surface area contributed by atoms with Gasteiger partial charge in [0, 0.05) is 18.3 Å². The molecule has 0 aliphatic heterocycles. The number of benzene rings is 1. The van der Waals surface area contributed by atoms with Crippen molar-refractivity contribution in [2.24, 2.45) is 7.05 Å². The zero-order chi connectivity index (χ0) is 12.8. The largest absolute Gasteiger partial charge is 0.340 e. The van der Waals surface area contributed by atoms with Crippen LogP contribution in [0.25, 0.3) is 0 Å². The van der Waals surface area contributed by atoms with Crippen molar-refractivity contribution in [3.05, 3.63) is 53.1 Å². The van der Waals surface area contributed by atoms with Gasteiger partial charge in [-0.05, 0) is 37.3 Å². The van der Waals surface area contributed by atoms with E-state index in [4.69, 9.17) is 11.6 Å². The molecule has 0 aliphatic carbocycles. The Morgan fingerprint density at radius 3 is 2.61 bits per heavy atom. The fourth-order valence-electron chi connectivity index (χ4n) is 2.10. The van der Waals surface area contributed by atoms with Gasteiger partial charge in [-0.25, -0.2) is 4.98 Å². The molecule has 0 radical (unpaired) electrons. The van der Waals surface area contributed by atoms with Gasteiger partial charge in [-0.2, -0.15) is 0 Å². The van der Waals surface area contributed by atoms with Crippen LogP contribution < -0.4 is 0 Å². The Morgan fingerprint density at radius 2 is 1.89 bits per heavy atom. The summed E-state index contributed by atoms with van der Waals surface area (Å²) in [6, 6.07) is 8.11. The molecule has 3 heteroatoms. The average Bonchev–Trinajstić information content (AvgIpc) is 2.77. The van der Waals surface area contributed by atoms with Crippen molar-refractivity contribution >= 4 is 11.6 Å². The standard InChI is InChI=1S/C15H19ClN2/c1-18-11-14(17-12-18)9-4-2-3-7-13-8-5-6-10-15(13)16/h5-6,8,10-12H,2-4,7,9H2,1H3. The summed E-state index contributed by atoms with van der Waals surface area (Å²) in [5.41, 5.74) is 2.45. The first kappa shape index (κ1) is 13.2. The van der Waals surface area contributed by atoms with E-state index >= 15 is 0 Å². The molecule has 2 nitrogen and oxygen atoms in total. The maximum absolute atomic E-state index is 6.12. The lowest BCUT2D eigenvalue weighted by Gasteiger charge is -2.03. The molecule has 96 valence electrons. The predicted molar refractivity (Wildman–Crippen MR) is 75.9 cm³/mol. The quantitative estimate of drug-likeness (QED) is 0.719. The van der Waals surface area contributed by atoms with E-state index in [1.54, 1.807) is 0 Å². The summed E-state index contributed by atoms with van der Waals surface area (Å²) in [6.45, 7) is 0. The van der Waals surface area contributed by atoms with E-state index in [1.165, 1.54) is 30.5 Å². The zero-order valence-corrected chi connectivity index (χ0v) is 11.5. The lowest BCUT2D eigenvalue weighted by Crippen LogP contribution is -1.90. The molecule has 0 saturated carbocycles. The summed E-state index contributed by atoms with van der Waals surface area (Å²) >= 11 is 6.12. The number of imidazole rings is 1. The highest BCUT2D eigenvalue weighted by Crippen LogP contribution is 2.17. The molecule has 0 aliphatic rings. The van der Waals surface area contributed by atoms with Crippen LogP contribution in [0.4, 0.5) is 0 Å². The van der Waals surface area contributed by atoms with Crippen molar-refractivity contribution in [1.82, 2.24) is 9.55 Å². The minimum absolute atomic E-state index is 0.891. The second-order valence-corrected chi connectivity index (χ2v) is 5.09. The van der Waals surface area contributed by atoms with E-state index in [-0.39, 0.29) is 0 Å². The molecule has 18 heavy (non-hydrogen) atoms. The number of unbranched alkanes of at least 4 members (excludes halogenated alkanes) is 2. The third-order valence-electron chi connectivity index (χ3n) is 3.10. The van der Waals surface area contributed by atoms with E-state index in [1.807, 2.05) is 30.1 Å². The molecule has 0 bridgehead atoms. The fourth-order valence-corrected chi connectivity index (χ4v) is 2.33. The first-order valence-electron chi connectivity index (χ1n) is 6.46. The molecular formula is C15H19ClN2. The van der Waals surface area contributed by atoms with Crippen LogP contribution in [-0.2, 0) is 19.9 Å². The van der Waals surface area contributed by atoms with Gasteiger partial charge in [0.15, 0.2) is 0 Å². The monoisotopic (exact) mass is 262 g/mol. The number of halogens is 1. The van der Waals surface area contributed by atoms with Crippen LogP contribution in [0.2, 0.25) is 5.02 Å². The molecule has 0 N–H and O–H groups in total.